The zero-order valence-corrected chi connectivity index (χ0v) is 13.2. The molecule has 7 nitrogen and oxygen atoms in total. The molecule has 0 aliphatic carbocycles. The van der Waals surface area contributed by atoms with Crippen molar-refractivity contribution in [3.63, 3.8) is 0 Å². The summed E-state index contributed by atoms with van der Waals surface area (Å²) < 4.78 is 5.52. The maximum atomic E-state index is 5.52. The molecule has 114 valence electrons. The first kappa shape index (κ1) is 15.5. The fourth-order valence-corrected chi connectivity index (χ4v) is 2.38. The lowest BCUT2D eigenvalue weighted by atomic mass is 10.3. The molecule has 0 amide bonds. The topological polar surface area (TPSA) is 89.2 Å². The molecule has 2 aromatic rings. The lowest BCUT2D eigenvalue weighted by Crippen LogP contribution is -2.24. The van der Waals surface area contributed by atoms with Crippen LogP contribution in [0.15, 0.2) is 17.5 Å². The van der Waals surface area contributed by atoms with Crippen molar-refractivity contribution in [2.45, 2.75) is 26.4 Å². The second kappa shape index (κ2) is 7.19. The molecule has 0 saturated carbocycles. The fraction of sp³-hybridized carbons (Fsp3) is 0.462. The SMILES string of the molecule is CC(C)Oc1nc(NN)nc(N(C)CCc2cccs2)n1. The Morgan fingerprint density at radius 3 is 2.81 bits per heavy atom. The highest BCUT2D eigenvalue weighted by Crippen LogP contribution is 2.16. The second-order valence-corrected chi connectivity index (χ2v) is 5.84. The van der Waals surface area contributed by atoms with E-state index in [2.05, 4.69) is 31.8 Å². The van der Waals surface area contributed by atoms with Gasteiger partial charge in [-0.05, 0) is 31.7 Å². The summed E-state index contributed by atoms with van der Waals surface area (Å²) >= 11 is 1.74. The van der Waals surface area contributed by atoms with E-state index in [1.54, 1.807) is 11.3 Å². The fourth-order valence-electron chi connectivity index (χ4n) is 1.68. The molecule has 0 unspecified atom stereocenters. The largest absolute Gasteiger partial charge is 0.461 e. The van der Waals surface area contributed by atoms with Crippen molar-refractivity contribution >= 4 is 23.2 Å². The van der Waals surface area contributed by atoms with Crippen LogP contribution in [0.3, 0.4) is 0 Å². The molecule has 0 aliphatic rings. The van der Waals surface area contributed by atoms with Crippen molar-refractivity contribution in [3.8, 4) is 6.01 Å². The van der Waals surface area contributed by atoms with E-state index in [1.807, 2.05) is 31.9 Å². The maximum Gasteiger partial charge on any atom is 0.323 e. The van der Waals surface area contributed by atoms with Crippen LogP contribution in [0.5, 0.6) is 6.01 Å². The molecule has 0 aliphatic heterocycles. The number of hydrogen-bond donors (Lipinski definition) is 2. The molecular formula is C13H20N6OS. The number of nitrogens with zero attached hydrogens (tertiary/aromatic N) is 4. The maximum absolute atomic E-state index is 5.52. The molecule has 2 heterocycles. The van der Waals surface area contributed by atoms with Gasteiger partial charge in [0.05, 0.1) is 6.10 Å². The van der Waals surface area contributed by atoms with E-state index in [-0.39, 0.29) is 12.1 Å². The minimum atomic E-state index is -0.0118. The summed E-state index contributed by atoms with van der Waals surface area (Å²) in [6.45, 7) is 4.63. The number of thiophene rings is 1. The van der Waals surface area contributed by atoms with E-state index in [0.717, 1.165) is 13.0 Å². The molecule has 8 heteroatoms. The highest BCUT2D eigenvalue weighted by Gasteiger charge is 2.12. The van der Waals surface area contributed by atoms with Gasteiger partial charge in [-0.1, -0.05) is 6.07 Å². The molecule has 0 fully saturated rings. The van der Waals surface area contributed by atoms with Crippen LogP contribution in [0.1, 0.15) is 18.7 Å². The highest BCUT2D eigenvalue weighted by molar-refractivity contribution is 7.09. The Morgan fingerprint density at radius 1 is 1.38 bits per heavy atom. The highest BCUT2D eigenvalue weighted by atomic mass is 32.1. The zero-order chi connectivity index (χ0) is 15.2. The number of nitrogen functional groups attached to an aromatic ring is 1. The monoisotopic (exact) mass is 308 g/mol. The standard InChI is InChI=1S/C13H20N6OS/c1-9(2)20-13-16-11(18-14)15-12(17-13)19(3)7-6-10-5-4-8-21-10/h4-5,8-9H,6-7,14H2,1-3H3,(H,15,16,17,18). The van der Waals surface area contributed by atoms with Gasteiger partial charge in [-0.15, -0.1) is 11.3 Å². The third-order valence-corrected chi connectivity index (χ3v) is 3.62. The minimum Gasteiger partial charge on any atom is -0.461 e. The number of rotatable bonds is 7. The molecule has 2 rings (SSSR count). The summed E-state index contributed by atoms with van der Waals surface area (Å²) in [6.07, 6.45) is 0.924. The molecule has 0 bridgehead atoms. The lowest BCUT2D eigenvalue weighted by Gasteiger charge is -2.18. The number of hydrogen-bond acceptors (Lipinski definition) is 8. The Kier molecular flexibility index (Phi) is 5.29. The molecule has 0 atom stereocenters. The summed E-state index contributed by atoms with van der Waals surface area (Å²) in [5, 5.41) is 2.07. The average molecular weight is 308 g/mol. The predicted octanol–water partition coefficient (Wildman–Crippen LogP) is 1.68. The Hall–Kier alpha value is -1.93. The number of anilines is 2. The number of aromatic nitrogens is 3. The summed E-state index contributed by atoms with van der Waals surface area (Å²) in [4.78, 5) is 15.9. The molecule has 0 saturated heterocycles. The first-order valence-corrected chi connectivity index (χ1v) is 7.59. The Bertz CT molecular complexity index is 560. The predicted molar refractivity (Wildman–Crippen MR) is 84.7 cm³/mol. The van der Waals surface area contributed by atoms with Gasteiger partial charge in [0.1, 0.15) is 0 Å². The van der Waals surface area contributed by atoms with Crippen molar-refractivity contribution in [1.29, 1.82) is 0 Å². The lowest BCUT2D eigenvalue weighted by molar-refractivity contribution is 0.222. The van der Waals surface area contributed by atoms with Crippen LogP contribution in [0, 0.1) is 0 Å². The van der Waals surface area contributed by atoms with Crippen molar-refractivity contribution in [1.82, 2.24) is 15.0 Å². The molecule has 3 N–H and O–H groups in total. The Labute approximate surface area is 128 Å². The van der Waals surface area contributed by atoms with E-state index >= 15 is 0 Å². The molecule has 2 aromatic heterocycles. The van der Waals surface area contributed by atoms with Gasteiger partial charge in [-0.2, -0.15) is 15.0 Å². The second-order valence-electron chi connectivity index (χ2n) is 4.80. The molecular weight excluding hydrogens is 288 g/mol. The van der Waals surface area contributed by atoms with Crippen LogP contribution in [-0.2, 0) is 6.42 Å². The third-order valence-electron chi connectivity index (χ3n) is 2.69. The van der Waals surface area contributed by atoms with Crippen LogP contribution < -0.4 is 20.9 Å². The van der Waals surface area contributed by atoms with Crippen molar-refractivity contribution in [2.75, 3.05) is 23.9 Å². The van der Waals surface area contributed by atoms with E-state index in [1.165, 1.54) is 4.88 Å². The smallest absolute Gasteiger partial charge is 0.323 e. The van der Waals surface area contributed by atoms with Gasteiger partial charge in [-0.3, -0.25) is 5.43 Å². The molecule has 0 spiro atoms. The summed E-state index contributed by atoms with van der Waals surface area (Å²) in [7, 11) is 1.93. The van der Waals surface area contributed by atoms with Gasteiger partial charge in [0.2, 0.25) is 11.9 Å². The van der Waals surface area contributed by atoms with E-state index in [9.17, 15) is 0 Å². The van der Waals surface area contributed by atoms with Crippen LogP contribution >= 0.6 is 11.3 Å². The van der Waals surface area contributed by atoms with Gasteiger partial charge in [0.25, 0.3) is 0 Å². The third kappa shape index (κ3) is 4.54. The van der Waals surface area contributed by atoms with Crippen molar-refractivity contribution in [3.05, 3.63) is 22.4 Å². The Morgan fingerprint density at radius 2 is 2.19 bits per heavy atom. The number of hydrazine groups is 1. The van der Waals surface area contributed by atoms with Gasteiger partial charge < -0.3 is 9.64 Å². The van der Waals surface area contributed by atoms with Gasteiger partial charge in [0.15, 0.2) is 0 Å². The van der Waals surface area contributed by atoms with E-state index < -0.39 is 0 Å². The molecule has 0 aromatic carbocycles. The normalized spacial score (nSPS) is 10.7. The minimum absolute atomic E-state index is 0.0118. The first-order valence-electron chi connectivity index (χ1n) is 6.71. The summed E-state index contributed by atoms with van der Waals surface area (Å²) in [5.74, 6) is 6.22. The van der Waals surface area contributed by atoms with Crippen LogP contribution in [0.4, 0.5) is 11.9 Å². The zero-order valence-electron chi connectivity index (χ0n) is 12.4. The van der Waals surface area contributed by atoms with Gasteiger partial charge in [-0.25, -0.2) is 5.84 Å². The van der Waals surface area contributed by atoms with Crippen LogP contribution in [0.2, 0.25) is 0 Å². The van der Waals surface area contributed by atoms with Gasteiger partial charge >= 0.3 is 6.01 Å². The summed E-state index contributed by atoms with van der Waals surface area (Å²) in [6, 6.07) is 4.44. The van der Waals surface area contributed by atoms with E-state index in [4.69, 9.17) is 10.6 Å². The molecule has 0 radical (unpaired) electrons. The number of likely N-dealkylation sites (N-methyl/N-ethyl adjacent to an activating group) is 1. The molecule has 21 heavy (non-hydrogen) atoms. The number of ether oxygens (including phenoxy) is 1. The Balaban J connectivity index is 2.09. The van der Waals surface area contributed by atoms with E-state index in [0.29, 0.717) is 11.9 Å². The van der Waals surface area contributed by atoms with Gasteiger partial charge in [0, 0.05) is 18.5 Å². The average Bonchev–Trinajstić information content (AvgIpc) is 2.96. The summed E-state index contributed by atoms with van der Waals surface area (Å²) in [5.41, 5.74) is 2.44. The quantitative estimate of drug-likeness (QED) is 0.594. The van der Waals surface area contributed by atoms with Crippen LogP contribution in [0.25, 0.3) is 0 Å². The van der Waals surface area contributed by atoms with Crippen molar-refractivity contribution < 1.29 is 4.74 Å². The first-order chi connectivity index (χ1) is 10.1. The number of nitrogens with two attached hydrogens (primary N) is 1. The van der Waals surface area contributed by atoms with Crippen LogP contribution in [-0.4, -0.2) is 34.6 Å². The number of nitrogens with one attached hydrogen (secondary N) is 1. The van der Waals surface area contributed by atoms with Crippen molar-refractivity contribution in [2.24, 2.45) is 5.84 Å².